The van der Waals surface area contributed by atoms with Crippen molar-refractivity contribution in [3.8, 4) is 0 Å². The summed E-state index contributed by atoms with van der Waals surface area (Å²) in [5.41, 5.74) is 2.75. The van der Waals surface area contributed by atoms with Crippen molar-refractivity contribution >= 4 is 32.8 Å². The van der Waals surface area contributed by atoms with Gasteiger partial charge in [0, 0.05) is 13.6 Å². The highest BCUT2D eigenvalue weighted by Crippen LogP contribution is 2.19. The fourth-order valence-corrected chi connectivity index (χ4v) is 2.59. The summed E-state index contributed by atoms with van der Waals surface area (Å²) in [6.07, 6.45) is 3.13. The SMILES string of the molecule is Cn1ncc2ncnc(NCc3ccc(NS(=O)(=O)O)cc3)c21. The summed E-state index contributed by atoms with van der Waals surface area (Å²) in [5, 5.41) is 7.34. The Morgan fingerprint density at radius 3 is 2.65 bits per heavy atom. The van der Waals surface area contributed by atoms with Crippen LogP contribution in [-0.4, -0.2) is 32.7 Å². The first-order valence-electron chi connectivity index (χ1n) is 6.63. The monoisotopic (exact) mass is 334 g/mol. The van der Waals surface area contributed by atoms with E-state index in [1.165, 1.54) is 6.33 Å². The predicted molar refractivity (Wildman–Crippen MR) is 85.2 cm³/mol. The van der Waals surface area contributed by atoms with Gasteiger partial charge in [0.15, 0.2) is 5.82 Å². The molecule has 0 unspecified atom stereocenters. The van der Waals surface area contributed by atoms with Gasteiger partial charge >= 0.3 is 10.3 Å². The smallest absolute Gasteiger partial charge is 0.357 e. The molecule has 0 atom stereocenters. The average molecular weight is 334 g/mol. The molecule has 0 amide bonds. The van der Waals surface area contributed by atoms with Gasteiger partial charge in [0.05, 0.1) is 11.9 Å². The van der Waals surface area contributed by atoms with E-state index in [1.807, 2.05) is 11.8 Å². The molecule has 3 aromatic rings. The van der Waals surface area contributed by atoms with Crippen LogP contribution in [0.4, 0.5) is 11.5 Å². The molecule has 0 saturated heterocycles. The highest BCUT2D eigenvalue weighted by Gasteiger charge is 2.08. The number of nitrogens with zero attached hydrogens (tertiary/aromatic N) is 4. The van der Waals surface area contributed by atoms with E-state index in [9.17, 15) is 8.42 Å². The van der Waals surface area contributed by atoms with Crippen molar-refractivity contribution < 1.29 is 13.0 Å². The molecule has 10 heteroatoms. The minimum absolute atomic E-state index is 0.285. The number of benzene rings is 1. The summed E-state index contributed by atoms with van der Waals surface area (Å²) in [6.45, 7) is 0.490. The summed E-state index contributed by atoms with van der Waals surface area (Å²) in [7, 11) is -2.45. The van der Waals surface area contributed by atoms with Crippen LogP contribution in [0.25, 0.3) is 11.0 Å². The molecule has 0 bridgehead atoms. The number of rotatable bonds is 5. The molecule has 2 aromatic heterocycles. The second-order valence-electron chi connectivity index (χ2n) is 4.85. The van der Waals surface area contributed by atoms with E-state index >= 15 is 0 Å². The molecule has 0 aliphatic rings. The Labute approximate surface area is 132 Å². The first kappa shape index (κ1) is 15.2. The molecule has 23 heavy (non-hydrogen) atoms. The maximum absolute atomic E-state index is 10.7. The third kappa shape index (κ3) is 3.55. The molecule has 0 aliphatic heterocycles. The van der Waals surface area contributed by atoms with E-state index in [0.29, 0.717) is 12.4 Å². The van der Waals surface area contributed by atoms with Crippen LogP contribution in [0.3, 0.4) is 0 Å². The Morgan fingerprint density at radius 2 is 1.96 bits per heavy atom. The van der Waals surface area contributed by atoms with E-state index in [4.69, 9.17) is 4.55 Å². The lowest BCUT2D eigenvalue weighted by molar-refractivity contribution is 0.489. The molecule has 0 spiro atoms. The van der Waals surface area contributed by atoms with Gasteiger partial charge in [-0.15, -0.1) is 0 Å². The van der Waals surface area contributed by atoms with E-state index in [2.05, 4.69) is 20.4 Å². The molecule has 2 heterocycles. The van der Waals surface area contributed by atoms with Gasteiger partial charge in [0.2, 0.25) is 0 Å². The normalized spacial score (nSPS) is 11.6. The molecule has 9 nitrogen and oxygen atoms in total. The van der Waals surface area contributed by atoms with Crippen LogP contribution < -0.4 is 10.0 Å². The second kappa shape index (κ2) is 5.82. The molecule has 0 fully saturated rings. The predicted octanol–water partition coefficient (Wildman–Crippen LogP) is 1.19. The lowest BCUT2D eigenvalue weighted by Gasteiger charge is -2.08. The number of nitrogens with one attached hydrogen (secondary N) is 2. The van der Waals surface area contributed by atoms with Gasteiger partial charge in [-0.05, 0) is 17.7 Å². The highest BCUT2D eigenvalue weighted by atomic mass is 32.2. The summed E-state index contributed by atoms with van der Waals surface area (Å²) >= 11 is 0. The number of hydrogen-bond acceptors (Lipinski definition) is 6. The quantitative estimate of drug-likeness (QED) is 0.599. The minimum atomic E-state index is -4.26. The fourth-order valence-electron chi connectivity index (χ4n) is 2.16. The lowest BCUT2D eigenvalue weighted by Crippen LogP contribution is -2.10. The minimum Gasteiger partial charge on any atom is -0.364 e. The third-order valence-corrected chi connectivity index (χ3v) is 3.68. The van der Waals surface area contributed by atoms with E-state index < -0.39 is 10.3 Å². The van der Waals surface area contributed by atoms with Gasteiger partial charge < -0.3 is 5.32 Å². The van der Waals surface area contributed by atoms with Crippen LogP contribution in [-0.2, 0) is 23.9 Å². The van der Waals surface area contributed by atoms with Crippen molar-refractivity contribution in [3.05, 3.63) is 42.4 Å². The van der Waals surface area contributed by atoms with Crippen LogP contribution in [0.1, 0.15) is 5.56 Å². The van der Waals surface area contributed by atoms with Gasteiger partial charge in [-0.1, -0.05) is 12.1 Å². The second-order valence-corrected chi connectivity index (χ2v) is 6.01. The summed E-state index contributed by atoms with van der Waals surface area (Å²) in [4.78, 5) is 8.35. The summed E-state index contributed by atoms with van der Waals surface area (Å²) in [5.74, 6) is 0.662. The molecule has 0 saturated carbocycles. The maximum atomic E-state index is 10.7. The molecular formula is C13H14N6O3S. The Kier molecular flexibility index (Phi) is 3.84. The Balaban J connectivity index is 1.74. The van der Waals surface area contributed by atoms with Crippen molar-refractivity contribution in [1.82, 2.24) is 19.7 Å². The zero-order chi connectivity index (χ0) is 16.4. The van der Waals surface area contributed by atoms with Gasteiger partial charge in [0.1, 0.15) is 17.4 Å². The number of anilines is 2. The van der Waals surface area contributed by atoms with Crippen molar-refractivity contribution in [2.24, 2.45) is 7.05 Å². The van der Waals surface area contributed by atoms with Gasteiger partial charge in [-0.2, -0.15) is 13.5 Å². The van der Waals surface area contributed by atoms with Crippen LogP contribution in [0, 0.1) is 0 Å². The number of aromatic nitrogens is 4. The number of fused-ring (bicyclic) bond motifs is 1. The van der Waals surface area contributed by atoms with Crippen LogP contribution in [0.2, 0.25) is 0 Å². The summed E-state index contributed by atoms with van der Waals surface area (Å²) < 4.78 is 33.9. The van der Waals surface area contributed by atoms with Crippen LogP contribution >= 0.6 is 0 Å². The molecule has 3 N–H and O–H groups in total. The van der Waals surface area contributed by atoms with E-state index in [-0.39, 0.29) is 5.69 Å². The first-order valence-corrected chi connectivity index (χ1v) is 8.07. The van der Waals surface area contributed by atoms with Crippen LogP contribution in [0.5, 0.6) is 0 Å². The summed E-state index contributed by atoms with van der Waals surface area (Å²) in [6, 6.07) is 6.60. The fraction of sp³-hybridized carbons (Fsp3) is 0.154. The van der Waals surface area contributed by atoms with Gasteiger partial charge in [-0.25, -0.2) is 9.97 Å². The third-order valence-electron chi connectivity index (χ3n) is 3.19. The van der Waals surface area contributed by atoms with Gasteiger partial charge in [-0.3, -0.25) is 14.0 Å². The van der Waals surface area contributed by atoms with Gasteiger partial charge in [0.25, 0.3) is 0 Å². The highest BCUT2D eigenvalue weighted by molar-refractivity contribution is 7.87. The Hall–Kier alpha value is -2.72. The lowest BCUT2D eigenvalue weighted by atomic mass is 10.2. The number of aryl methyl sites for hydroxylation is 1. The maximum Gasteiger partial charge on any atom is 0.357 e. The Morgan fingerprint density at radius 1 is 1.22 bits per heavy atom. The van der Waals surface area contributed by atoms with Crippen LogP contribution in [0.15, 0.2) is 36.8 Å². The molecule has 1 aromatic carbocycles. The molecular weight excluding hydrogens is 320 g/mol. The molecule has 0 aliphatic carbocycles. The number of hydrogen-bond donors (Lipinski definition) is 3. The zero-order valence-corrected chi connectivity index (χ0v) is 12.9. The van der Waals surface area contributed by atoms with Crippen molar-refractivity contribution in [1.29, 1.82) is 0 Å². The largest absolute Gasteiger partial charge is 0.364 e. The van der Waals surface area contributed by atoms with E-state index in [0.717, 1.165) is 16.6 Å². The van der Waals surface area contributed by atoms with Crippen molar-refractivity contribution in [2.75, 3.05) is 10.0 Å². The van der Waals surface area contributed by atoms with E-state index in [1.54, 1.807) is 35.1 Å². The van der Waals surface area contributed by atoms with Crippen molar-refractivity contribution in [2.45, 2.75) is 6.54 Å². The Bertz CT molecular complexity index is 936. The van der Waals surface area contributed by atoms with Crippen molar-refractivity contribution in [3.63, 3.8) is 0 Å². The zero-order valence-electron chi connectivity index (χ0n) is 12.1. The molecule has 120 valence electrons. The molecule has 3 rings (SSSR count). The first-order chi connectivity index (χ1) is 10.9. The average Bonchev–Trinajstić information content (AvgIpc) is 2.87. The molecule has 0 radical (unpaired) electrons. The standard InChI is InChI=1S/C13H14N6O3S/c1-19-12-11(7-17-19)15-8-16-13(12)14-6-9-2-4-10(5-3-9)18-23(20,21)22/h2-5,7-8,18H,6H2,1H3,(H,14,15,16)(H,20,21,22). The topological polar surface area (TPSA) is 122 Å².